The Labute approximate surface area is 163 Å². The fourth-order valence-electron chi connectivity index (χ4n) is 3.00. The first-order valence-corrected chi connectivity index (χ1v) is 9.06. The van der Waals surface area contributed by atoms with E-state index < -0.39 is 0 Å². The molecule has 0 amide bonds. The maximum atomic E-state index is 5.52. The summed E-state index contributed by atoms with van der Waals surface area (Å²) in [6.07, 6.45) is 1.69. The van der Waals surface area contributed by atoms with Gasteiger partial charge in [-0.2, -0.15) is 4.98 Å². The SMILES string of the molecule is COc1ccc(-c2noc(CN(Cc3ccccc3)Cc3ccco3)n2)cc1. The van der Waals surface area contributed by atoms with E-state index in [0.29, 0.717) is 24.8 Å². The Morgan fingerprint density at radius 3 is 2.43 bits per heavy atom. The van der Waals surface area contributed by atoms with Crippen LogP contribution in [0, 0.1) is 0 Å². The van der Waals surface area contributed by atoms with Gasteiger partial charge in [0.1, 0.15) is 11.5 Å². The Kier molecular flexibility index (Phi) is 5.49. The Bertz CT molecular complexity index is 980. The number of hydrogen-bond acceptors (Lipinski definition) is 6. The van der Waals surface area contributed by atoms with Crippen molar-refractivity contribution in [3.05, 3.63) is 90.2 Å². The fraction of sp³-hybridized carbons (Fsp3) is 0.182. The summed E-state index contributed by atoms with van der Waals surface area (Å²) in [5, 5.41) is 4.12. The van der Waals surface area contributed by atoms with Gasteiger partial charge in [0.15, 0.2) is 0 Å². The molecule has 6 nitrogen and oxygen atoms in total. The minimum Gasteiger partial charge on any atom is -0.497 e. The number of furan rings is 1. The fourth-order valence-corrected chi connectivity index (χ4v) is 3.00. The minimum atomic E-state index is 0.527. The first kappa shape index (κ1) is 18.0. The molecule has 0 saturated heterocycles. The molecule has 2 heterocycles. The van der Waals surface area contributed by atoms with Crippen LogP contribution < -0.4 is 4.74 Å². The van der Waals surface area contributed by atoms with Crippen molar-refractivity contribution in [2.75, 3.05) is 7.11 Å². The molecule has 0 atom stereocenters. The van der Waals surface area contributed by atoms with Crippen LogP contribution in [0.2, 0.25) is 0 Å². The van der Waals surface area contributed by atoms with Gasteiger partial charge >= 0.3 is 0 Å². The van der Waals surface area contributed by atoms with Gasteiger partial charge in [-0.3, -0.25) is 4.90 Å². The normalized spacial score (nSPS) is 11.1. The third kappa shape index (κ3) is 4.47. The van der Waals surface area contributed by atoms with E-state index in [9.17, 15) is 0 Å². The predicted octanol–water partition coefficient (Wildman–Crippen LogP) is 4.54. The van der Waals surface area contributed by atoms with Crippen molar-refractivity contribution >= 4 is 0 Å². The standard InChI is InChI=1S/C22H21N3O3/c1-26-19-11-9-18(10-12-19)22-23-21(28-24-22)16-25(15-20-8-5-13-27-20)14-17-6-3-2-4-7-17/h2-13H,14-16H2,1H3. The molecule has 0 aliphatic rings. The van der Waals surface area contributed by atoms with E-state index in [2.05, 4.69) is 27.2 Å². The molecule has 6 heteroatoms. The van der Waals surface area contributed by atoms with Gasteiger partial charge in [-0.05, 0) is 42.0 Å². The molecular weight excluding hydrogens is 354 g/mol. The Hall–Kier alpha value is -3.38. The summed E-state index contributed by atoms with van der Waals surface area (Å²) in [5.74, 6) is 2.81. The van der Waals surface area contributed by atoms with E-state index >= 15 is 0 Å². The zero-order valence-electron chi connectivity index (χ0n) is 15.6. The van der Waals surface area contributed by atoms with E-state index in [1.165, 1.54) is 5.56 Å². The van der Waals surface area contributed by atoms with E-state index in [1.807, 2.05) is 54.6 Å². The van der Waals surface area contributed by atoms with Crippen LogP contribution >= 0.6 is 0 Å². The third-order valence-corrected chi connectivity index (χ3v) is 4.38. The number of hydrogen-bond donors (Lipinski definition) is 0. The van der Waals surface area contributed by atoms with Crippen LogP contribution in [0.25, 0.3) is 11.4 Å². The first-order chi connectivity index (χ1) is 13.8. The van der Waals surface area contributed by atoms with Crippen molar-refractivity contribution in [1.29, 1.82) is 0 Å². The lowest BCUT2D eigenvalue weighted by Crippen LogP contribution is -2.22. The average molecular weight is 375 g/mol. The Morgan fingerprint density at radius 2 is 1.71 bits per heavy atom. The molecule has 28 heavy (non-hydrogen) atoms. The van der Waals surface area contributed by atoms with Gasteiger partial charge in [0, 0.05) is 12.1 Å². The molecule has 0 bridgehead atoms. The molecule has 2 aromatic heterocycles. The molecule has 4 rings (SSSR count). The molecule has 0 saturated carbocycles. The van der Waals surface area contributed by atoms with Crippen molar-refractivity contribution in [1.82, 2.24) is 15.0 Å². The van der Waals surface area contributed by atoms with Crippen LogP contribution in [-0.2, 0) is 19.6 Å². The molecule has 0 unspecified atom stereocenters. The van der Waals surface area contributed by atoms with Gasteiger partial charge in [-0.1, -0.05) is 35.5 Å². The predicted molar refractivity (Wildman–Crippen MR) is 104 cm³/mol. The molecule has 2 aromatic carbocycles. The molecular formula is C22H21N3O3. The lowest BCUT2D eigenvalue weighted by Gasteiger charge is -2.19. The second-order valence-corrected chi connectivity index (χ2v) is 6.45. The van der Waals surface area contributed by atoms with E-state index in [-0.39, 0.29) is 0 Å². The molecule has 0 radical (unpaired) electrons. The quantitative estimate of drug-likeness (QED) is 0.450. The maximum absolute atomic E-state index is 5.52. The van der Waals surface area contributed by atoms with Crippen molar-refractivity contribution in [3.8, 4) is 17.1 Å². The summed E-state index contributed by atoms with van der Waals surface area (Å²) in [4.78, 5) is 6.76. The number of nitrogens with zero attached hydrogens (tertiary/aromatic N) is 3. The number of benzene rings is 2. The molecule has 0 N–H and O–H groups in total. The van der Waals surface area contributed by atoms with Crippen molar-refractivity contribution in [2.24, 2.45) is 0 Å². The highest BCUT2D eigenvalue weighted by atomic mass is 16.5. The molecule has 0 spiro atoms. The molecule has 0 fully saturated rings. The van der Waals surface area contributed by atoms with Gasteiger partial charge in [-0.25, -0.2) is 0 Å². The van der Waals surface area contributed by atoms with E-state index in [0.717, 1.165) is 23.6 Å². The highest BCUT2D eigenvalue weighted by Crippen LogP contribution is 2.21. The summed E-state index contributed by atoms with van der Waals surface area (Å²) in [5.41, 5.74) is 2.10. The summed E-state index contributed by atoms with van der Waals surface area (Å²) < 4.78 is 16.2. The highest BCUT2D eigenvalue weighted by Gasteiger charge is 2.15. The van der Waals surface area contributed by atoms with Crippen molar-refractivity contribution in [2.45, 2.75) is 19.6 Å². The summed E-state index contributed by atoms with van der Waals surface area (Å²) in [6, 6.07) is 21.7. The van der Waals surface area contributed by atoms with Crippen LogP contribution in [0.1, 0.15) is 17.2 Å². The Balaban J connectivity index is 1.50. The number of methoxy groups -OCH3 is 1. The lowest BCUT2D eigenvalue weighted by molar-refractivity contribution is 0.196. The van der Waals surface area contributed by atoms with Crippen LogP contribution in [0.3, 0.4) is 0 Å². The number of aromatic nitrogens is 2. The number of ether oxygens (including phenoxy) is 1. The molecule has 4 aromatic rings. The largest absolute Gasteiger partial charge is 0.497 e. The lowest BCUT2D eigenvalue weighted by atomic mass is 10.2. The van der Waals surface area contributed by atoms with Gasteiger partial charge in [0.05, 0.1) is 26.5 Å². The molecule has 142 valence electrons. The van der Waals surface area contributed by atoms with Crippen molar-refractivity contribution < 1.29 is 13.7 Å². The second-order valence-electron chi connectivity index (χ2n) is 6.45. The van der Waals surface area contributed by atoms with Crippen molar-refractivity contribution in [3.63, 3.8) is 0 Å². The zero-order chi connectivity index (χ0) is 19.2. The van der Waals surface area contributed by atoms with Crippen LogP contribution in [0.4, 0.5) is 0 Å². The summed E-state index contributed by atoms with van der Waals surface area (Å²) in [6.45, 7) is 1.93. The van der Waals surface area contributed by atoms with Gasteiger partial charge in [-0.15, -0.1) is 0 Å². The molecule has 0 aliphatic carbocycles. The maximum Gasteiger partial charge on any atom is 0.241 e. The Morgan fingerprint density at radius 1 is 0.893 bits per heavy atom. The van der Waals surface area contributed by atoms with E-state index in [1.54, 1.807) is 13.4 Å². The zero-order valence-corrected chi connectivity index (χ0v) is 15.6. The molecule has 0 aliphatic heterocycles. The first-order valence-electron chi connectivity index (χ1n) is 9.06. The van der Waals surface area contributed by atoms with E-state index in [4.69, 9.17) is 13.7 Å². The topological polar surface area (TPSA) is 64.5 Å². The number of rotatable bonds is 8. The smallest absolute Gasteiger partial charge is 0.241 e. The van der Waals surface area contributed by atoms with Gasteiger partial charge < -0.3 is 13.7 Å². The minimum absolute atomic E-state index is 0.527. The van der Waals surface area contributed by atoms with Crippen LogP contribution in [0.5, 0.6) is 5.75 Å². The van der Waals surface area contributed by atoms with Gasteiger partial charge in [0.2, 0.25) is 11.7 Å². The summed E-state index contributed by atoms with van der Waals surface area (Å²) >= 11 is 0. The second kappa shape index (κ2) is 8.54. The third-order valence-electron chi connectivity index (χ3n) is 4.38. The average Bonchev–Trinajstić information content (AvgIpc) is 3.41. The van der Waals surface area contributed by atoms with Crippen LogP contribution in [-0.4, -0.2) is 22.2 Å². The van der Waals surface area contributed by atoms with Crippen LogP contribution in [0.15, 0.2) is 81.9 Å². The monoisotopic (exact) mass is 375 g/mol. The summed E-state index contributed by atoms with van der Waals surface area (Å²) in [7, 11) is 1.64. The van der Waals surface area contributed by atoms with Gasteiger partial charge in [0.25, 0.3) is 0 Å². The highest BCUT2D eigenvalue weighted by molar-refractivity contribution is 5.55.